The summed E-state index contributed by atoms with van der Waals surface area (Å²) < 4.78 is 6.28. The van der Waals surface area contributed by atoms with E-state index in [2.05, 4.69) is 97.1 Å². The van der Waals surface area contributed by atoms with Crippen molar-refractivity contribution in [3.8, 4) is 33.4 Å². The van der Waals surface area contributed by atoms with Gasteiger partial charge in [0.2, 0.25) is 0 Å². The first-order valence-corrected chi connectivity index (χ1v) is 15.8. The van der Waals surface area contributed by atoms with Gasteiger partial charge in [-0.25, -0.2) is 0 Å². The fourth-order valence-corrected chi connectivity index (χ4v) is 7.50. The molecule has 1 heterocycles. The van der Waals surface area contributed by atoms with Crippen LogP contribution in [0.4, 0.5) is 0 Å². The second-order valence-electron chi connectivity index (χ2n) is 12.3. The molecule has 0 amide bonds. The van der Waals surface area contributed by atoms with E-state index in [1.54, 1.807) is 0 Å². The van der Waals surface area contributed by atoms with Crippen molar-refractivity contribution in [1.29, 1.82) is 0 Å². The minimum absolute atomic E-state index is 0.197. The minimum atomic E-state index is 0.197. The minimum Gasteiger partial charge on any atom is -0.456 e. The third kappa shape index (κ3) is 4.12. The van der Waals surface area contributed by atoms with E-state index in [1.807, 2.05) is 30.3 Å². The second-order valence-corrected chi connectivity index (χ2v) is 12.3. The molecule has 10 radical (unpaired) electrons. The Hall–Kier alpha value is -5.34. The van der Waals surface area contributed by atoms with Crippen LogP contribution in [0.3, 0.4) is 0 Å². The highest BCUT2D eigenvalue weighted by molar-refractivity contribution is 6.69. The van der Waals surface area contributed by atoms with Gasteiger partial charge >= 0.3 is 0 Å². The second kappa shape index (κ2) is 10.9. The predicted octanol–water partition coefficient (Wildman–Crippen LogP) is 6.02. The molecule has 0 spiro atoms. The molecule has 210 valence electrons. The summed E-state index contributed by atoms with van der Waals surface area (Å²) in [6.07, 6.45) is 0. The van der Waals surface area contributed by atoms with Gasteiger partial charge in [0.15, 0.2) is 0 Å². The maximum absolute atomic E-state index is 6.70. The van der Waals surface area contributed by atoms with Crippen LogP contribution < -0.4 is 27.3 Å². The molecule has 0 aliphatic rings. The summed E-state index contributed by atoms with van der Waals surface area (Å²) in [6.45, 7) is 0. The quantitative estimate of drug-likeness (QED) is 0.180. The van der Waals surface area contributed by atoms with Crippen LogP contribution in [0.1, 0.15) is 0 Å². The van der Waals surface area contributed by atoms with E-state index < -0.39 is 0 Å². The van der Waals surface area contributed by atoms with Crippen LogP contribution in [0.5, 0.6) is 0 Å². The zero-order valence-electron chi connectivity index (χ0n) is 25.9. The predicted molar refractivity (Wildman–Crippen MR) is 209 cm³/mol. The van der Waals surface area contributed by atoms with Crippen molar-refractivity contribution < 1.29 is 4.42 Å². The van der Waals surface area contributed by atoms with Crippen molar-refractivity contribution in [2.24, 2.45) is 0 Å². The molecule has 0 atom stereocenters. The van der Waals surface area contributed by atoms with Crippen molar-refractivity contribution in [1.82, 2.24) is 0 Å². The molecule has 0 N–H and O–H groups in total. The molecule has 1 nitrogen and oxygen atoms in total. The molecule has 0 fully saturated rings. The largest absolute Gasteiger partial charge is 0.456 e. The highest BCUT2D eigenvalue weighted by Crippen LogP contribution is 2.46. The van der Waals surface area contributed by atoms with E-state index in [1.165, 1.54) is 0 Å². The van der Waals surface area contributed by atoms with Crippen molar-refractivity contribution >= 4 is 121 Å². The van der Waals surface area contributed by atoms with Crippen LogP contribution in [0.15, 0.2) is 132 Å². The fraction of sp³-hybridized carbons (Fsp3) is 0. The lowest BCUT2D eigenvalue weighted by Crippen LogP contribution is -2.55. The van der Waals surface area contributed by atoms with Gasteiger partial charge in [0.25, 0.3) is 0 Å². The summed E-state index contributed by atoms with van der Waals surface area (Å²) >= 11 is 0. The first-order chi connectivity index (χ1) is 23.4. The monoisotopic (exact) mass is 596 g/mol. The number of benzene rings is 8. The topological polar surface area (TPSA) is 13.1 Å². The van der Waals surface area contributed by atoms with Gasteiger partial charge in [0.1, 0.15) is 50.4 Å². The van der Waals surface area contributed by atoms with Crippen molar-refractivity contribution in [3.63, 3.8) is 0 Å². The standard InChI is InChI=1S/C42H21B5O/c43-38-37(39(44)41(46)42(47)40(38)45)36-28-14-5-3-12-26(28)34(27-13-4-6-15-29(27)36)31-21-23(20-22-10-1-2-11-24(22)31)25-17-9-19-33-35(25)30-16-7-8-18-32(30)48-33/h1-21H. The van der Waals surface area contributed by atoms with E-state index in [9.17, 15) is 0 Å². The third-order valence-corrected chi connectivity index (χ3v) is 9.73. The Bertz CT molecular complexity index is 2710. The Morgan fingerprint density at radius 3 is 1.50 bits per heavy atom. The number of furan rings is 1. The molecular formula is C42H21B5O. The summed E-state index contributed by atoms with van der Waals surface area (Å²) in [6, 6.07) is 44.3. The van der Waals surface area contributed by atoms with Crippen LogP contribution in [0.2, 0.25) is 0 Å². The van der Waals surface area contributed by atoms with Gasteiger partial charge in [-0.1, -0.05) is 114 Å². The van der Waals surface area contributed by atoms with Crippen molar-refractivity contribution in [3.05, 3.63) is 127 Å². The molecule has 8 aromatic carbocycles. The first kappa shape index (κ1) is 28.9. The molecule has 48 heavy (non-hydrogen) atoms. The SMILES string of the molecule is [B]c1c([B])c([B])c(-c2c3ccccc3c(-c3cc(-c4cccc5oc6ccccc6c45)cc4ccccc34)c3ccccc23)c([B])c1[B]. The van der Waals surface area contributed by atoms with Gasteiger partial charge in [-0.2, -0.15) is 0 Å². The first-order valence-electron chi connectivity index (χ1n) is 15.8. The van der Waals surface area contributed by atoms with Crippen LogP contribution >= 0.6 is 0 Å². The molecule has 1 aromatic heterocycles. The van der Waals surface area contributed by atoms with Gasteiger partial charge in [-0.05, 0) is 90.0 Å². The molecule has 0 bridgehead atoms. The molecule has 0 saturated heterocycles. The summed E-state index contributed by atoms with van der Waals surface area (Å²) in [7, 11) is 32.4. The highest BCUT2D eigenvalue weighted by Gasteiger charge is 2.22. The fourth-order valence-electron chi connectivity index (χ4n) is 7.50. The number of hydrogen-bond acceptors (Lipinski definition) is 1. The van der Waals surface area contributed by atoms with E-state index in [0.29, 0.717) is 16.5 Å². The molecule has 0 aliphatic carbocycles. The van der Waals surface area contributed by atoms with Gasteiger partial charge in [0.05, 0.1) is 0 Å². The Morgan fingerprint density at radius 2 is 0.854 bits per heavy atom. The summed E-state index contributed by atoms with van der Waals surface area (Å²) in [5.74, 6) is 0. The Kier molecular flexibility index (Phi) is 6.53. The Morgan fingerprint density at radius 1 is 0.354 bits per heavy atom. The number of para-hydroxylation sites is 1. The summed E-state index contributed by atoms with van der Waals surface area (Å²) in [4.78, 5) is 0. The van der Waals surface area contributed by atoms with Crippen molar-refractivity contribution in [2.75, 3.05) is 0 Å². The summed E-state index contributed by atoms with van der Waals surface area (Å²) in [5, 5.41) is 8.53. The molecular weight excluding hydrogens is 575 g/mol. The van der Waals surface area contributed by atoms with Gasteiger partial charge in [0, 0.05) is 10.8 Å². The average molecular weight is 596 g/mol. The molecule has 6 heteroatoms. The van der Waals surface area contributed by atoms with E-state index in [-0.39, 0.29) is 16.4 Å². The third-order valence-electron chi connectivity index (χ3n) is 9.73. The molecule has 0 unspecified atom stereocenters. The molecule has 0 saturated carbocycles. The van der Waals surface area contributed by atoms with E-state index in [4.69, 9.17) is 43.6 Å². The average Bonchev–Trinajstić information content (AvgIpc) is 3.51. The van der Waals surface area contributed by atoms with Gasteiger partial charge in [-0.3, -0.25) is 0 Å². The highest BCUT2D eigenvalue weighted by atomic mass is 16.3. The van der Waals surface area contributed by atoms with Crippen LogP contribution in [0.25, 0.3) is 87.6 Å². The molecule has 0 aliphatic heterocycles. The van der Waals surface area contributed by atoms with Crippen LogP contribution in [-0.4, -0.2) is 39.2 Å². The maximum atomic E-state index is 6.70. The normalized spacial score (nSPS) is 11.8. The zero-order chi connectivity index (χ0) is 32.7. The Labute approximate surface area is 285 Å². The van der Waals surface area contributed by atoms with Gasteiger partial charge in [-0.15, -0.1) is 16.4 Å². The maximum Gasteiger partial charge on any atom is 0.136 e. The van der Waals surface area contributed by atoms with E-state index >= 15 is 0 Å². The van der Waals surface area contributed by atoms with E-state index in [0.717, 1.165) is 82.1 Å². The van der Waals surface area contributed by atoms with Gasteiger partial charge < -0.3 is 4.42 Å². The molecule has 9 rings (SSSR count). The lowest BCUT2D eigenvalue weighted by molar-refractivity contribution is 0.669. The number of hydrogen-bond donors (Lipinski definition) is 0. The number of fused-ring (bicyclic) bond motifs is 6. The van der Waals surface area contributed by atoms with Crippen LogP contribution in [-0.2, 0) is 0 Å². The van der Waals surface area contributed by atoms with Crippen molar-refractivity contribution in [2.45, 2.75) is 0 Å². The summed E-state index contributed by atoms with van der Waals surface area (Å²) in [5.41, 5.74) is 8.93. The lowest BCUT2D eigenvalue weighted by atomic mass is 9.59. The Balaban J connectivity index is 1.43. The smallest absolute Gasteiger partial charge is 0.136 e. The number of rotatable bonds is 3. The lowest BCUT2D eigenvalue weighted by Gasteiger charge is -2.25. The zero-order valence-corrected chi connectivity index (χ0v) is 25.9. The van der Waals surface area contributed by atoms with Crippen LogP contribution in [0, 0.1) is 0 Å². The molecule has 9 aromatic rings.